The van der Waals surface area contributed by atoms with E-state index in [2.05, 4.69) is 28.2 Å². The molecule has 0 atom stereocenters. The first kappa shape index (κ1) is 13.6. The summed E-state index contributed by atoms with van der Waals surface area (Å²) in [7, 11) is 0. The number of hydrogen-bond acceptors (Lipinski definition) is 3. The molecule has 0 spiro atoms. The molecule has 21 heavy (non-hydrogen) atoms. The summed E-state index contributed by atoms with van der Waals surface area (Å²) in [6.45, 7) is 0. The Labute approximate surface area is 128 Å². The third-order valence-corrected chi connectivity index (χ3v) is 3.97. The van der Waals surface area contributed by atoms with Crippen molar-refractivity contribution in [2.45, 2.75) is 9.79 Å². The third-order valence-electron chi connectivity index (χ3n) is 2.90. The fourth-order valence-corrected chi connectivity index (χ4v) is 2.78. The van der Waals surface area contributed by atoms with Gasteiger partial charge in [0.15, 0.2) is 0 Å². The van der Waals surface area contributed by atoms with Crippen LogP contribution in [0.4, 0.5) is 5.69 Å². The average Bonchev–Trinajstić information content (AvgIpc) is 2.56. The molecule has 0 saturated heterocycles. The maximum atomic E-state index is 4.60. The van der Waals surface area contributed by atoms with Crippen LogP contribution in [0, 0.1) is 0 Å². The van der Waals surface area contributed by atoms with Gasteiger partial charge in [-0.1, -0.05) is 42.1 Å². The van der Waals surface area contributed by atoms with Crippen LogP contribution in [-0.2, 0) is 0 Å². The molecule has 0 bridgehead atoms. The zero-order valence-electron chi connectivity index (χ0n) is 11.4. The monoisotopic (exact) mass is 290 g/mol. The normalized spacial score (nSPS) is 10.9. The molecule has 1 heterocycles. The molecule has 0 radical (unpaired) electrons. The lowest BCUT2D eigenvalue weighted by atomic mass is 10.3. The van der Waals surface area contributed by atoms with E-state index in [1.807, 2.05) is 54.7 Å². The van der Waals surface area contributed by atoms with Crippen molar-refractivity contribution in [3.63, 3.8) is 0 Å². The standard InChI is InChI=1S/C18H14N2S/c1-2-6-16(7-3-1)21-18-9-5-4-8-17(18)20-14-15-10-12-19-13-11-15/h1-14H. The Kier molecular flexibility index (Phi) is 4.44. The largest absolute Gasteiger partial charge is 0.265 e. The number of para-hydroxylation sites is 1. The first-order valence-corrected chi connectivity index (χ1v) is 7.49. The van der Waals surface area contributed by atoms with Crippen molar-refractivity contribution >= 4 is 23.7 Å². The molecule has 0 unspecified atom stereocenters. The number of benzene rings is 2. The molecule has 0 N–H and O–H groups in total. The molecule has 3 heteroatoms. The fraction of sp³-hybridized carbons (Fsp3) is 0. The van der Waals surface area contributed by atoms with E-state index < -0.39 is 0 Å². The maximum absolute atomic E-state index is 4.60. The molecule has 3 aromatic rings. The van der Waals surface area contributed by atoms with Crippen LogP contribution in [0.25, 0.3) is 0 Å². The predicted molar refractivity (Wildman–Crippen MR) is 88.5 cm³/mol. The van der Waals surface area contributed by atoms with Crippen molar-refractivity contribution in [3.05, 3.63) is 84.7 Å². The molecular formula is C18H14N2S. The lowest BCUT2D eigenvalue weighted by Gasteiger charge is -2.05. The van der Waals surface area contributed by atoms with Gasteiger partial charge in [0.2, 0.25) is 0 Å². The second kappa shape index (κ2) is 6.86. The van der Waals surface area contributed by atoms with Gasteiger partial charge in [-0.25, -0.2) is 0 Å². The van der Waals surface area contributed by atoms with Crippen LogP contribution in [0.2, 0.25) is 0 Å². The van der Waals surface area contributed by atoms with E-state index in [0.29, 0.717) is 0 Å². The minimum Gasteiger partial charge on any atom is -0.265 e. The van der Waals surface area contributed by atoms with Crippen LogP contribution in [-0.4, -0.2) is 11.2 Å². The van der Waals surface area contributed by atoms with E-state index in [4.69, 9.17) is 0 Å². The van der Waals surface area contributed by atoms with Crippen molar-refractivity contribution in [1.82, 2.24) is 4.98 Å². The second-order valence-corrected chi connectivity index (χ2v) is 5.54. The van der Waals surface area contributed by atoms with Gasteiger partial charge in [0.05, 0.1) is 5.69 Å². The highest BCUT2D eigenvalue weighted by molar-refractivity contribution is 7.99. The van der Waals surface area contributed by atoms with Crippen LogP contribution >= 0.6 is 11.8 Å². The Bertz CT molecular complexity index is 724. The molecule has 0 aliphatic carbocycles. The summed E-state index contributed by atoms with van der Waals surface area (Å²) in [5.74, 6) is 0. The van der Waals surface area contributed by atoms with E-state index in [9.17, 15) is 0 Å². The summed E-state index contributed by atoms with van der Waals surface area (Å²) >= 11 is 1.72. The molecule has 0 aliphatic rings. The van der Waals surface area contributed by atoms with Gasteiger partial charge in [-0.3, -0.25) is 9.98 Å². The Morgan fingerprint density at radius 3 is 2.33 bits per heavy atom. The van der Waals surface area contributed by atoms with Crippen LogP contribution in [0.5, 0.6) is 0 Å². The molecule has 2 aromatic carbocycles. The second-order valence-electron chi connectivity index (χ2n) is 4.42. The highest BCUT2D eigenvalue weighted by atomic mass is 32.2. The summed E-state index contributed by atoms with van der Waals surface area (Å²) in [5, 5.41) is 0. The SMILES string of the molecule is C(=Nc1ccccc1Sc1ccccc1)c1ccncc1. The number of hydrogen-bond donors (Lipinski definition) is 0. The Morgan fingerprint density at radius 1 is 0.810 bits per heavy atom. The Balaban J connectivity index is 1.84. The summed E-state index contributed by atoms with van der Waals surface area (Å²) in [6, 6.07) is 22.4. The lowest BCUT2D eigenvalue weighted by molar-refractivity contribution is 1.32. The van der Waals surface area contributed by atoms with Gasteiger partial charge in [-0.05, 0) is 42.0 Å². The summed E-state index contributed by atoms with van der Waals surface area (Å²) in [4.78, 5) is 11.0. The number of rotatable bonds is 4. The van der Waals surface area contributed by atoms with E-state index >= 15 is 0 Å². The predicted octanol–water partition coefficient (Wildman–Crippen LogP) is 4.98. The lowest BCUT2D eigenvalue weighted by Crippen LogP contribution is -1.81. The first-order valence-electron chi connectivity index (χ1n) is 6.68. The zero-order chi connectivity index (χ0) is 14.3. The quantitative estimate of drug-likeness (QED) is 0.633. The molecule has 0 fully saturated rings. The zero-order valence-corrected chi connectivity index (χ0v) is 12.2. The van der Waals surface area contributed by atoms with Gasteiger partial charge in [0.1, 0.15) is 0 Å². The van der Waals surface area contributed by atoms with E-state index in [1.165, 1.54) is 4.90 Å². The molecule has 102 valence electrons. The van der Waals surface area contributed by atoms with E-state index in [0.717, 1.165) is 16.1 Å². The van der Waals surface area contributed by atoms with Crippen LogP contribution in [0.15, 0.2) is 93.9 Å². The molecule has 0 saturated carbocycles. The summed E-state index contributed by atoms with van der Waals surface area (Å²) in [5.41, 5.74) is 2.02. The fourth-order valence-electron chi connectivity index (χ4n) is 1.86. The topological polar surface area (TPSA) is 25.2 Å². The van der Waals surface area contributed by atoms with Gasteiger partial charge >= 0.3 is 0 Å². The molecule has 2 nitrogen and oxygen atoms in total. The molecule has 0 aliphatic heterocycles. The molecular weight excluding hydrogens is 276 g/mol. The Hall–Kier alpha value is -2.39. The number of aliphatic imine (C=N–C) groups is 1. The van der Waals surface area contributed by atoms with Crippen molar-refractivity contribution in [2.24, 2.45) is 4.99 Å². The van der Waals surface area contributed by atoms with Gasteiger partial charge in [-0.15, -0.1) is 0 Å². The third kappa shape index (κ3) is 3.80. The number of aromatic nitrogens is 1. The van der Waals surface area contributed by atoms with Gasteiger partial charge in [-0.2, -0.15) is 0 Å². The summed E-state index contributed by atoms with van der Waals surface area (Å²) < 4.78 is 0. The highest BCUT2D eigenvalue weighted by Gasteiger charge is 2.02. The van der Waals surface area contributed by atoms with Crippen LogP contribution in [0.3, 0.4) is 0 Å². The molecule has 0 amide bonds. The molecule has 3 rings (SSSR count). The first-order chi connectivity index (χ1) is 10.4. The van der Waals surface area contributed by atoms with Gasteiger partial charge in [0, 0.05) is 28.4 Å². The van der Waals surface area contributed by atoms with Crippen molar-refractivity contribution < 1.29 is 0 Å². The molecule has 1 aromatic heterocycles. The maximum Gasteiger partial charge on any atom is 0.0769 e. The van der Waals surface area contributed by atoms with Crippen molar-refractivity contribution in [2.75, 3.05) is 0 Å². The smallest absolute Gasteiger partial charge is 0.0769 e. The average molecular weight is 290 g/mol. The highest BCUT2D eigenvalue weighted by Crippen LogP contribution is 2.34. The Morgan fingerprint density at radius 2 is 1.52 bits per heavy atom. The van der Waals surface area contributed by atoms with Gasteiger partial charge in [0.25, 0.3) is 0 Å². The van der Waals surface area contributed by atoms with E-state index in [1.54, 1.807) is 24.2 Å². The summed E-state index contributed by atoms with van der Waals surface area (Å²) in [6.07, 6.45) is 5.41. The van der Waals surface area contributed by atoms with Crippen LogP contribution in [0.1, 0.15) is 5.56 Å². The number of pyridine rings is 1. The van der Waals surface area contributed by atoms with Gasteiger partial charge < -0.3 is 0 Å². The number of nitrogens with zero attached hydrogens (tertiary/aromatic N) is 2. The minimum atomic E-state index is 0.975. The van der Waals surface area contributed by atoms with Crippen molar-refractivity contribution in [3.8, 4) is 0 Å². The minimum absolute atomic E-state index is 0.975. The van der Waals surface area contributed by atoms with E-state index in [-0.39, 0.29) is 0 Å². The van der Waals surface area contributed by atoms with Crippen molar-refractivity contribution in [1.29, 1.82) is 0 Å². The van der Waals surface area contributed by atoms with Crippen LogP contribution < -0.4 is 0 Å².